The fourth-order valence-electron chi connectivity index (χ4n) is 3.38. The van der Waals surface area contributed by atoms with Crippen LogP contribution >= 0.6 is 11.8 Å². The second-order valence-electron chi connectivity index (χ2n) is 7.02. The average molecular weight is 425 g/mol. The Morgan fingerprint density at radius 1 is 1.20 bits per heavy atom. The van der Waals surface area contributed by atoms with Crippen LogP contribution in [0.3, 0.4) is 0 Å². The van der Waals surface area contributed by atoms with Crippen molar-refractivity contribution in [3.05, 3.63) is 54.6 Å². The lowest BCUT2D eigenvalue weighted by Gasteiger charge is -2.31. The largest absolute Gasteiger partial charge is 0.497 e. The number of nitrogens with zero attached hydrogens (tertiary/aromatic N) is 4. The molecule has 0 bridgehead atoms. The van der Waals surface area contributed by atoms with Gasteiger partial charge in [-0.3, -0.25) is 9.36 Å². The van der Waals surface area contributed by atoms with Crippen molar-refractivity contribution in [1.29, 1.82) is 0 Å². The fraction of sp³-hybridized carbons (Fsp3) is 0.318. The summed E-state index contributed by atoms with van der Waals surface area (Å²) in [4.78, 5) is 14.6. The quantitative estimate of drug-likeness (QED) is 0.566. The van der Waals surface area contributed by atoms with Crippen molar-refractivity contribution in [3.63, 3.8) is 0 Å². The third kappa shape index (κ3) is 4.49. The average Bonchev–Trinajstić information content (AvgIpc) is 3.22. The van der Waals surface area contributed by atoms with E-state index in [2.05, 4.69) is 10.2 Å². The maximum absolute atomic E-state index is 12.7. The molecule has 1 aromatic heterocycles. The second-order valence-corrected chi connectivity index (χ2v) is 7.96. The molecule has 0 saturated carbocycles. The van der Waals surface area contributed by atoms with E-state index in [-0.39, 0.29) is 12.0 Å². The molecule has 156 valence electrons. The van der Waals surface area contributed by atoms with Gasteiger partial charge in [0, 0.05) is 24.3 Å². The van der Waals surface area contributed by atoms with Gasteiger partial charge in [0.25, 0.3) is 0 Å². The van der Waals surface area contributed by atoms with Crippen molar-refractivity contribution in [1.82, 2.24) is 19.7 Å². The molecule has 2 aromatic carbocycles. The first kappa shape index (κ1) is 20.4. The number of para-hydroxylation sites is 1. The number of benzene rings is 2. The number of hydrogen-bond acceptors (Lipinski definition) is 6. The lowest BCUT2D eigenvalue weighted by atomic mass is 10.2. The van der Waals surface area contributed by atoms with Crippen LogP contribution in [0.1, 0.15) is 6.92 Å². The lowest BCUT2D eigenvalue weighted by molar-refractivity contribution is -0.135. The molecule has 3 aromatic rings. The van der Waals surface area contributed by atoms with Gasteiger partial charge in [0.15, 0.2) is 11.0 Å². The number of amides is 1. The lowest BCUT2D eigenvalue weighted by Crippen LogP contribution is -2.45. The Hall–Kier alpha value is -2.84. The minimum atomic E-state index is 0.0698. The predicted molar refractivity (Wildman–Crippen MR) is 116 cm³/mol. The number of carbonyl (C=O) groups is 1. The number of hydrogen-bond donors (Lipinski definition) is 0. The highest BCUT2D eigenvalue weighted by molar-refractivity contribution is 7.99. The van der Waals surface area contributed by atoms with E-state index >= 15 is 0 Å². The van der Waals surface area contributed by atoms with Gasteiger partial charge in [0.1, 0.15) is 5.75 Å². The van der Waals surface area contributed by atoms with E-state index in [9.17, 15) is 4.79 Å². The molecule has 2 heterocycles. The van der Waals surface area contributed by atoms with E-state index in [4.69, 9.17) is 9.47 Å². The zero-order chi connectivity index (χ0) is 20.9. The standard InChI is InChI=1S/C22H24N4O3S/c1-16-14-25(11-12-29-16)20(27)15-30-22-24-23-21(17-7-6-10-19(13-17)28-2)26(22)18-8-4-3-5-9-18/h3-10,13,16H,11-12,14-15H2,1-2H3. The third-order valence-corrected chi connectivity index (χ3v) is 5.81. The number of morpholine rings is 1. The molecule has 1 aliphatic heterocycles. The van der Waals surface area contributed by atoms with E-state index in [1.807, 2.05) is 71.0 Å². The van der Waals surface area contributed by atoms with Crippen molar-refractivity contribution in [2.75, 3.05) is 32.6 Å². The molecule has 0 spiro atoms. The maximum atomic E-state index is 12.7. The monoisotopic (exact) mass is 424 g/mol. The first-order valence-electron chi connectivity index (χ1n) is 9.83. The van der Waals surface area contributed by atoms with Crippen molar-refractivity contribution >= 4 is 17.7 Å². The number of ether oxygens (including phenoxy) is 2. The van der Waals surface area contributed by atoms with E-state index in [1.54, 1.807) is 7.11 Å². The normalized spacial score (nSPS) is 16.5. The van der Waals surface area contributed by atoms with Gasteiger partial charge in [-0.25, -0.2) is 0 Å². The van der Waals surface area contributed by atoms with Crippen LogP contribution in [-0.4, -0.2) is 64.2 Å². The summed E-state index contributed by atoms with van der Waals surface area (Å²) in [6, 6.07) is 17.6. The van der Waals surface area contributed by atoms with Gasteiger partial charge >= 0.3 is 0 Å². The van der Waals surface area contributed by atoms with Crippen molar-refractivity contribution < 1.29 is 14.3 Å². The highest BCUT2D eigenvalue weighted by atomic mass is 32.2. The fourth-order valence-corrected chi connectivity index (χ4v) is 4.24. The number of thioether (sulfide) groups is 1. The molecule has 8 heteroatoms. The molecule has 0 N–H and O–H groups in total. The van der Waals surface area contributed by atoms with Crippen molar-refractivity contribution in [2.24, 2.45) is 0 Å². The molecule has 0 aliphatic carbocycles. The van der Waals surface area contributed by atoms with Crippen LogP contribution in [0.4, 0.5) is 0 Å². The summed E-state index contributed by atoms with van der Waals surface area (Å²) in [6.07, 6.45) is 0.0698. The van der Waals surface area contributed by atoms with Crippen molar-refractivity contribution in [3.8, 4) is 22.8 Å². The van der Waals surface area contributed by atoms with Crippen LogP contribution in [0.5, 0.6) is 5.75 Å². The Morgan fingerprint density at radius 2 is 2.03 bits per heavy atom. The molecule has 1 amide bonds. The maximum Gasteiger partial charge on any atom is 0.233 e. The SMILES string of the molecule is COc1cccc(-c2nnc(SCC(=O)N3CCOC(C)C3)n2-c2ccccc2)c1. The van der Waals surface area contributed by atoms with E-state index in [1.165, 1.54) is 11.8 Å². The zero-order valence-corrected chi connectivity index (χ0v) is 17.8. The van der Waals surface area contributed by atoms with Crippen molar-refractivity contribution in [2.45, 2.75) is 18.2 Å². The molecule has 30 heavy (non-hydrogen) atoms. The van der Waals surface area contributed by atoms with Crippen LogP contribution < -0.4 is 4.74 Å². The molecular formula is C22H24N4O3S. The van der Waals surface area contributed by atoms with Crippen LogP contribution in [-0.2, 0) is 9.53 Å². The molecule has 4 rings (SSSR count). The second kappa shape index (κ2) is 9.32. The summed E-state index contributed by atoms with van der Waals surface area (Å²) >= 11 is 1.40. The molecule has 1 saturated heterocycles. The molecule has 1 fully saturated rings. The van der Waals surface area contributed by atoms with Gasteiger partial charge in [-0.05, 0) is 31.2 Å². The van der Waals surface area contributed by atoms with Gasteiger partial charge in [-0.15, -0.1) is 10.2 Å². The third-order valence-electron chi connectivity index (χ3n) is 4.89. The number of aromatic nitrogens is 3. The summed E-state index contributed by atoms with van der Waals surface area (Å²) in [5, 5.41) is 9.50. The highest BCUT2D eigenvalue weighted by Gasteiger charge is 2.23. The van der Waals surface area contributed by atoms with Crippen LogP contribution in [0.2, 0.25) is 0 Å². The smallest absolute Gasteiger partial charge is 0.233 e. The highest BCUT2D eigenvalue weighted by Crippen LogP contribution is 2.29. The van der Waals surface area contributed by atoms with Gasteiger partial charge in [-0.1, -0.05) is 42.1 Å². The molecule has 0 radical (unpaired) electrons. The first-order chi connectivity index (χ1) is 14.7. The Morgan fingerprint density at radius 3 is 2.80 bits per heavy atom. The summed E-state index contributed by atoms with van der Waals surface area (Å²) in [7, 11) is 1.64. The van der Waals surface area contributed by atoms with Crippen LogP contribution in [0.15, 0.2) is 59.8 Å². The Bertz CT molecular complexity index is 1010. The van der Waals surface area contributed by atoms with Gasteiger partial charge < -0.3 is 14.4 Å². The van der Waals surface area contributed by atoms with Gasteiger partial charge in [0.2, 0.25) is 5.91 Å². The predicted octanol–water partition coefficient (Wildman–Crippen LogP) is 3.28. The molecule has 7 nitrogen and oxygen atoms in total. The summed E-state index contributed by atoms with van der Waals surface area (Å²) in [6.45, 7) is 3.82. The van der Waals surface area contributed by atoms with Crippen LogP contribution in [0.25, 0.3) is 17.1 Å². The van der Waals surface area contributed by atoms with E-state index < -0.39 is 0 Å². The van der Waals surface area contributed by atoms with Gasteiger partial charge in [-0.2, -0.15) is 0 Å². The Balaban J connectivity index is 1.61. The summed E-state index contributed by atoms with van der Waals surface area (Å²) < 4.78 is 12.9. The first-order valence-corrected chi connectivity index (χ1v) is 10.8. The number of rotatable bonds is 6. The Labute approximate surface area is 180 Å². The minimum Gasteiger partial charge on any atom is -0.497 e. The number of methoxy groups -OCH3 is 1. The zero-order valence-electron chi connectivity index (χ0n) is 17.0. The van der Waals surface area contributed by atoms with E-state index in [0.717, 1.165) is 17.0 Å². The summed E-state index contributed by atoms with van der Waals surface area (Å²) in [5.74, 6) is 1.84. The van der Waals surface area contributed by atoms with E-state index in [0.29, 0.717) is 36.4 Å². The molecule has 1 aliphatic rings. The van der Waals surface area contributed by atoms with Gasteiger partial charge in [0.05, 0.1) is 25.6 Å². The number of carbonyl (C=O) groups excluding carboxylic acids is 1. The molecule has 1 atom stereocenters. The minimum absolute atomic E-state index is 0.0698. The Kier molecular flexibility index (Phi) is 6.35. The summed E-state index contributed by atoms with van der Waals surface area (Å²) in [5.41, 5.74) is 1.83. The molecular weight excluding hydrogens is 400 g/mol. The molecule has 1 unspecified atom stereocenters. The topological polar surface area (TPSA) is 69.5 Å². The van der Waals surface area contributed by atoms with Crippen LogP contribution in [0, 0.1) is 0 Å².